The number of likely N-dealkylation sites (tertiary alicyclic amines) is 1. The van der Waals surface area contributed by atoms with E-state index in [1.54, 1.807) is 0 Å². The van der Waals surface area contributed by atoms with Crippen LogP contribution in [0.1, 0.15) is 28.2 Å². The first kappa shape index (κ1) is 19.3. The largest absolute Gasteiger partial charge is 0.338 e. The molecular weight excluding hydrogens is 382 g/mol. The Hall–Kier alpha value is -2.99. The van der Waals surface area contributed by atoms with Crippen LogP contribution in [0.4, 0.5) is 5.69 Å². The van der Waals surface area contributed by atoms with E-state index in [2.05, 4.69) is 10.3 Å². The van der Waals surface area contributed by atoms with E-state index in [0.29, 0.717) is 30.8 Å². The van der Waals surface area contributed by atoms with Gasteiger partial charge < -0.3 is 10.2 Å². The van der Waals surface area contributed by atoms with Crippen LogP contribution in [0.2, 0.25) is 0 Å². The van der Waals surface area contributed by atoms with Crippen LogP contribution in [0.3, 0.4) is 0 Å². The first-order chi connectivity index (χ1) is 14.1. The fraction of sp³-hybridized carbons (Fsp3) is 0.261. The first-order valence-electron chi connectivity index (χ1n) is 9.80. The summed E-state index contributed by atoms with van der Waals surface area (Å²) in [5.74, 6) is -0.0191. The minimum absolute atomic E-state index is 0.0177. The Morgan fingerprint density at radius 3 is 2.28 bits per heavy atom. The number of amides is 2. The van der Waals surface area contributed by atoms with Crippen LogP contribution >= 0.6 is 11.3 Å². The highest BCUT2D eigenvalue weighted by atomic mass is 32.1. The van der Waals surface area contributed by atoms with Crippen molar-refractivity contribution in [3.8, 4) is 10.6 Å². The molecule has 1 fully saturated rings. The van der Waals surface area contributed by atoms with E-state index in [1.807, 2.05) is 72.5 Å². The van der Waals surface area contributed by atoms with Gasteiger partial charge in [-0.25, -0.2) is 4.98 Å². The normalized spacial score (nSPS) is 14.6. The van der Waals surface area contributed by atoms with Crippen molar-refractivity contribution in [2.24, 2.45) is 5.92 Å². The Kier molecular flexibility index (Phi) is 5.71. The number of benzene rings is 2. The summed E-state index contributed by atoms with van der Waals surface area (Å²) >= 11 is 1.44. The van der Waals surface area contributed by atoms with Crippen LogP contribution in [-0.4, -0.2) is 34.8 Å². The molecule has 4 rings (SSSR count). The average Bonchev–Trinajstić information content (AvgIpc) is 3.16. The van der Waals surface area contributed by atoms with Crippen LogP contribution in [-0.2, 0) is 4.79 Å². The molecule has 1 aromatic heterocycles. The monoisotopic (exact) mass is 405 g/mol. The maximum atomic E-state index is 13.0. The second-order valence-corrected chi connectivity index (χ2v) is 8.22. The van der Waals surface area contributed by atoms with Gasteiger partial charge in [0.05, 0.1) is 5.69 Å². The number of anilines is 1. The van der Waals surface area contributed by atoms with E-state index in [9.17, 15) is 9.59 Å². The summed E-state index contributed by atoms with van der Waals surface area (Å²) in [7, 11) is 0. The lowest BCUT2D eigenvalue weighted by Gasteiger charge is -2.31. The summed E-state index contributed by atoms with van der Waals surface area (Å²) < 4.78 is 0. The average molecular weight is 406 g/mol. The number of nitrogens with zero attached hydrogens (tertiary/aromatic N) is 2. The number of thiazole rings is 1. The highest BCUT2D eigenvalue weighted by molar-refractivity contribution is 7.17. The van der Waals surface area contributed by atoms with Crippen molar-refractivity contribution in [3.05, 3.63) is 71.2 Å². The van der Waals surface area contributed by atoms with Crippen LogP contribution < -0.4 is 5.32 Å². The van der Waals surface area contributed by atoms with Gasteiger partial charge in [-0.3, -0.25) is 9.59 Å². The number of piperidine rings is 1. The SMILES string of the molecule is Cc1nc(-c2ccccc2)sc1C(=O)N1CCC(C(=O)Nc2ccccc2)CC1. The van der Waals surface area contributed by atoms with Crippen molar-refractivity contribution in [1.82, 2.24) is 9.88 Å². The highest BCUT2D eigenvalue weighted by Gasteiger charge is 2.29. The van der Waals surface area contributed by atoms with Crippen molar-refractivity contribution < 1.29 is 9.59 Å². The van der Waals surface area contributed by atoms with Crippen molar-refractivity contribution in [2.75, 3.05) is 18.4 Å². The summed E-state index contributed by atoms with van der Waals surface area (Å²) in [6, 6.07) is 19.4. The van der Waals surface area contributed by atoms with Crippen LogP contribution in [0.5, 0.6) is 0 Å². The topological polar surface area (TPSA) is 62.3 Å². The second-order valence-electron chi connectivity index (χ2n) is 7.22. The second kappa shape index (κ2) is 8.57. The molecule has 148 valence electrons. The maximum absolute atomic E-state index is 13.0. The summed E-state index contributed by atoms with van der Waals surface area (Å²) in [5.41, 5.74) is 2.60. The summed E-state index contributed by atoms with van der Waals surface area (Å²) in [5, 5.41) is 3.83. The number of carbonyl (C=O) groups excluding carboxylic acids is 2. The summed E-state index contributed by atoms with van der Waals surface area (Å²) in [4.78, 5) is 32.7. The lowest BCUT2D eigenvalue weighted by molar-refractivity contribution is -0.121. The number of hydrogen-bond donors (Lipinski definition) is 1. The minimum atomic E-state index is -0.0679. The van der Waals surface area contributed by atoms with Crippen molar-refractivity contribution in [3.63, 3.8) is 0 Å². The number of carbonyl (C=O) groups is 2. The number of para-hydroxylation sites is 1. The highest BCUT2D eigenvalue weighted by Crippen LogP contribution is 2.30. The van der Waals surface area contributed by atoms with E-state index in [1.165, 1.54) is 11.3 Å². The Balaban J connectivity index is 1.38. The van der Waals surface area contributed by atoms with E-state index in [0.717, 1.165) is 22.0 Å². The Morgan fingerprint density at radius 1 is 1.00 bits per heavy atom. The molecule has 6 heteroatoms. The molecule has 0 saturated carbocycles. The molecule has 1 aliphatic heterocycles. The zero-order valence-corrected chi connectivity index (χ0v) is 17.1. The smallest absolute Gasteiger partial charge is 0.265 e. The van der Waals surface area contributed by atoms with Crippen LogP contribution in [0, 0.1) is 12.8 Å². The van der Waals surface area contributed by atoms with Gasteiger partial charge in [0, 0.05) is 30.3 Å². The van der Waals surface area contributed by atoms with Crippen molar-refractivity contribution in [2.45, 2.75) is 19.8 Å². The molecule has 29 heavy (non-hydrogen) atoms. The molecule has 1 aliphatic rings. The summed E-state index contributed by atoms with van der Waals surface area (Å²) in [6.07, 6.45) is 1.35. The van der Waals surface area contributed by atoms with Gasteiger partial charge in [-0.2, -0.15) is 0 Å². The van der Waals surface area contributed by atoms with E-state index in [-0.39, 0.29) is 17.7 Å². The van der Waals surface area contributed by atoms with Gasteiger partial charge in [0.15, 0.2) is 0 Å². The molecule has 2 heterocycles. The molecule has 0 spiro atoms. The molecule has 0 bridgehead atoms. The van der Waals surface area contributed by atoms with Gasteiger partial charge in [-0.05, 0) is 31.9 Å². The van der Waals surface area contributed by atoms with E-state index < -0.39 is 0 Å². The van der Waals surface area contributed by atoms with Crippen LogP contribution in [0.15, 0.2) is 60.7 Å². The molecule has 0 aliphatic carbocycles. The quantitative estimate of drug-likeness (QED) is 0.689. The van der Waals surface area contributed by atoms with E-state index in [4.69, 9.17) is 0 Å². The number of rotatable bonds is 4. The Morgan fingerprint density at radius 2 is 1.62 bits per heavy atom. The van der Waals surface area contributed by atoms with E-state index >= 15 is 0 Å². The van der Waals surface area contributed by atoms with Gasteiger partial charge in [-0.1, -0.05) is 48.5 Å². The van der Waals surface area contributed by atoms with Crippen molar-refractivity contribution >= 4 is 28.8 Å². The predicted molar refractivity (Wildman–Crippen MR) is 116 cm³/mol. The molecule has 0 radical (unpaired) electrons. The molecule has 2 amide bonds. The Bertz CT molecular complexity index is 993. The molecular formula is C23H23N3O2S. The van der Waals surface area contributed by atoms with Crippen molar-refractivity contribution in [1.29, 1.82) is 0 Å². The van der Waals surface area contributed by atoms with Gasteiger partial charge in [0.2, 0.25) is 5.91 Å². The van der Waals surface area contributed by atoms with Gasteiger partial charge >= 0.3 is 0 Å². The summed E-state index contributed by atoms with van der Waals surface area (Å²) in [6.45, 7) is 3.06. The lowest BCUT2D eigenvalue weighted by Crippen LogP contribution is -2.41. The molecule has 1 saturated heterocycles. The first-order valence-corrected chi connectivity index (χ1v) is 10.6. The molecule has 2 aromatic carbocycles. The van der Waals surface area contributed by atoms with Gasteiger partial charge in [0.1, 0.15) is 9.88 Å². The number of nitrogens with one attached hydrogen (secondary N) is 1. The zero-order chi connectivity index (χ0) is 20.2. The van der Waals surface area contributed by atoms with Crippen LogP contribution in [0.25, 0.3) is 10.6 Å². The number of aryl methyl sites for hydroxylation is 1. The number of hydrogen-bond acceptors (Lipinski definition) is 4. The van der Waals surface area contributed by atoms with Gasteiger partial charge in [0.25, 0.3) is 5.91 Å². The minimum Gasteiger partial charge on any atom is -0.338 e. The standard InChI is InChI=1S/C23H23N3O2S/c1-16-20(29-22(24-16)18-8-4-2-5-9-18)23(28)26-14-12-17(13-15-26)21(27)25-19-10-6-3-7-11-19/h2-11,17H,12-15H2,1H3,(H,25,27). The molecule has 0 unspecified atom stereocenters. The third-order valence-corrected chi connectivity index (χ3v) is 6.40. The predicted octanol–water partition coefficient (Wildman–Crippen LogP) is 4.61. The fourth-order valence-electron chi connectivity index (χ4n) is 3.55. The third-order valence-electron chi connectivity index (χ3n) is 5.21. The maximum Gasteiger partial charge on any atom is 0.265 e. The molecule has 1 N–H and O–H groups in total. The van der Waals surface area contributed by atoms with Gasteiger partial charge in [-0.15, -0.1) is 11.3 Å². The lowest BCUT2D eigenvalue weighted by atomic mass is 9.95. The third kappa shape index (κ3) is 4.38. The molecule has 5 nitrogen and oxygen atoms in total. The number of aromatic nitrogens is 1. The fourth-order valence-corrected chi connectivity index (χ4v) is 4.59. The zero-order valence-electron chi connectivity index (χ0n) is 16.3. The molecule has 3 aromatic rings. The molecule has 0 atom stereocenters. The Labute approximate surface area is 174 Å².